The normalized spacial score (nSPS) is 16.8. The Hall–Kier alpha value is -2.25. The molecule has 7 heteroatoms. The van der Waals surface area contributed by atoms with E-state index in [2.05, 4.69) is 10.3 Å². The van der Waals surface area contributed by atoms with Crippen molar-refractivity contribution in [2.75, 3.05) is 18.5 Å². The van der Waals surface area contributed by atoms with Crippen LogP contribution in [0.5, 0.6) is 0 Å². The van der Waals surface area contributed by atoms with Crippen molar-refractivity contribution >= 4 is 28.3 Å². The zero-order valence-corrected chi connectivity index (χ0v) is 14.1. The van der Waals surface area contributed by atoms with E-state index in [4.69, 9.17) is 9.47 Å². The minimum atomic E-state index is -0.536. The van der Waals surface area contributed by atoms with E-state index in [0.717, 1.165) is 17.7 Å². The molecule has 1 aliphatic heterocycles. The molecule has 6 nitrogen and oxygen atoms in total. The van der Waals surface area contributed by atoms with Gasteiger partial charge in [-0.25, -0.2) is 9.78 Å². The Bertz CT molecular complexity index is 720. The van der Waals surface area contributed by atoms with Crippen LogP contribution in [-0.4, -0.2) is 36.2 Å². The number of nitrogens with zero attached hydrogens (tertiary/aromatic N) is 1. The number of hydrogen-bond donors (Lipinski definition) is 1. The van der Waals surface area contributed by atoms with Gasteiger partial charge in [-0.3, -0.25) is 10.1 Å². The van der Waals surface area contributed by atoms with E-state index in [0.29, 0.717) is 18.2 Å². The molecule has 1 aliphatic rings. The maximum atomic E-state index is 11.9. The zero-order chi connectivity index (χ0) is 16.9. The lowest BCUT2D eigenvalue weighted by molar-refractivity contribution is -0.156. The lowest BCUT2D eigenvalue weighted by atomic mass is 10.1. The predicted octanol–water partition coefficient (Wildman–Crippen LogP) is 2.78. The average Bonchev–Trinajstić information content (AvgIpc) is 3.25. The molecule has 24 heavy (non-hydrogen) atoms. The lowest BCUT2D eigenvalue weighted by Gasteiger charge is -2.08. The molecule has 2 heterocycles. The Kier molecular flexibility index (Phi) is 5.22. The zero-order valence-electron chi connectivity index (χ0n) is 13.3. The number of nitrogens with one attached hydrogen (secondary N) is 1. The molecule has 2 aromatic rings. The van der Waals surface area contributed by atoms with Gasteiger partial charge in [0.2, 0.25) is 0 Å². The Labute approximate surface area is 143 Å². The lowest BCUT2D eigenvalue weighted by Crippen LogP contribution is -2.27. The molecule has 0 radical (unpaired) electrons. The largest absolute Gasteiger partial charge is 0.454 e. The van der Waals surface area contributed by atoms with Gasteiger partial charge in [0.15, 0.2) is 17.8 Å². The fourth-order valence-electron chi connectivity index (χ4n) is 2.34. The SMILES string of the molecule is Cc1ccc(-c2csc(NC(=O)COC(=O)[C@H]3CCCO3)n2)cc1. The van der Waals surface area contributed by atoms with E-state index in [-0.39, 0.29) is 6.61 Å². The van der Waals surface area contributed by atoms with Gasteiger partial charge in [0.25, 0.3) is 5.91 Å². The minimum Gasteiger partial charge on any atom is -0.454 e. The summed E-state index contributed by atoms with van der Waals surface area (Å²) in [5.74, 6) is -0.895. The number of anilines is 1. The third kappa shape index (κ3) is 4.18. The number of esters is 1. The first-order chi connectivity index (χ1) is 11.6. The molecule has 0 bridgehead atoms. The molecule has 0 unspecified atom stereocenters. The minimum absolute atomic E-state index is 0.335. The number of ether oxygens (including phenoxy) is 2. The number of hydrogen-bond acceptors (Lipinski definition) is 6. The van der Waals surface area contributed by atoms with Crippen molar-refractivity contribution in [1.82, 2.24) is 4.98 Å². The maximum absolute atomic E-state index is 11.9. The van der Waals surface area contributed by atoms with Gasteiger partial charge in [-0.05, 0) is 19.8 Å². The number of benzene rings is 1. The van der Waals surface area contributed by atoms with Crippen LogP contribution in [0.1, 0.15) is 18.4 Å². The highest BCUT2D eigenvalue weighted by Crippen LogP contribution is 2.25. The Morgan fingerprint density at radius 2 is 2.17 bits per heavy atom. The van der Waals surface area contributed by atoms with Crippen molar-refractivity contribution in [1.29, 1.82) is 0 Å². The second-order valence-corrected chi connectivity index (χ2v) is 6.42. The van der Waals surface area contributed by atoms with Crippen molar-refractivity contribution in [3.8, 4) is 11.3 Å². The van der Waals surface area contributed by atoms with Gasteiger partial charge in [-0.15, -0.1) is 11.3 Å². The summed E-state index contributed by atoms with van der Waals surface area (Å²) in [6, 6.07) is 7.99. The summed E-state index contributed by atoms with van der Waals surface area (Å²) >= 11 is 1.33. The molecule has 1 N–H and O–H groups in total. The smallest absolute Gasteiger partial charge is 0.335 e. The van der Waals surface area contributed by atoms with Crippen LogP contribution < -0.4 is 5.32 Å². The summed E-state index contributed by atoms with van der Waals surface area (Å²) in [6.45, 7) is 2.25. The molecular weight excluding hydrogens is 328 g/mol. The second kappa shape index (κ2) is 7.55. The van der Waals surface area contributed by atoms with Crippen LogP contribution in [0.4, 0.5) is 5.13 Å². The van der Waals surface area contributed by atoms with E-state index in [1.54, 1.807) is 0 Å². The molecule has 0 spiro atoms. The first kappa shape index (κ1) is 16.6. The summed E-state index contributed by atoms with van der Waals surface area (Å²) in [7, 11) is 0. The first-order valence-electron chi connectivity index (χ1n) is 7.72. The summed E-state index contributed by atoms with van der Waals surface area (Å²) < 4.78 is 10.2. The maximum Gasteiger partial charge on any atom is 0.335 e. The molecule has 126 valence electrons. The van der Waals surface area contributed by atoms with Gasteiger partial charge >= 0.3 is 5.97 Å². The summed E-state index contributed by atoms with van der Waals surface area (Å²) in [5, 5.41) is 4.99. The first-order valence-corrected chi connectivity index (χ1v) is 8.60. The van der Waals surface area contributed by atoms with E-state index < -0.39 is 18.0 Å². The average molecular weight is 346 g/mol. The Balaban J connectivity index is 1.51. The molecule has 1 amide bonds. The topological polar surface area (TPSA) is 77.5 Å². The Morgan fingerprint density at radius 3 is 2.88 bits per heavy atom. The molecule has 1 aromatic carbocycles. The highest BCUT2D eigenvalue weighted by atomic mass is 32.1. The van der Waals surface area contributed by atoms with Gasteiger partial charge in [0, 0.05) is 17.6 Å². The number of rotatable bonds is 5. The van der Waals surface area contributed by atoms with Crippen LogP contribution in [0.15, 0.2) is 29.6 Å². The molecule has 0 saturated carbocycles. The van der Waals surface area contributed by atoms with Gasteiger partial charge in [-0.2, -0.15) is 0 Å². The van der Waals surface area contributed by atoms with Crippen LogP contribution in [0.25, 0.3) is 11.3 Å². The van der Waals surface area contributed by atoms with Crippen molar-refractivity contribution in [3.05, 3.63) is 35.2 Å². The number of thiazole rings is 1. The van der Waals surface area contributed by atoms with E-state index >= 15 is 0 Å². The summed E-state index contributed by atoms with van der Waals surface area (Å²) in [4.78, 5) is 27.9. The monoisotopic (exact) mass is 346 g/mol. The molecule has 0 aliphatic carbocycles. The molecule has 1 aromatic heterocycles. The van der Waals surface area contributed by atoms with Crippen LogP contribution >= 0.6 is 11.3 Å². The number of carbonyl (C=O) groups is 2. The number of carbonyl (C=O) groups excluding carboxylic acids is 2. The highest BCUT2D eigenvalue weighted by molar-refractivity contribution is 7.14. The third-order valence-electron chi connectivity index (χ3n) is 3.64. The van der Waals surface area contributed by atoms with E-state index in [1.165, 1.54) is 16.9 Å². The predicted molar refractivity (Wildman–Crippen MR) is 90.8 cm³/mol. The van der Waals surface area contributed by atoms with Crippen molar-refractivity contribution in [2.45, 2.75) is 25.9 Å². The Morgan fingerprint density at radius 1 is 1.38 bits per heavy atom. The van der Waals surface area contributed by atoms with Crippen LogP contribution in [0, 0.1) is 6.92 Å². The van der Waals surface area contributed by atoms with Crippen molar-refractivity contribution in [3.63, 3.8) is 0 Å². The fraction of sp³-hybridized carbons (Fsp3) is 0.353. The highest BCUT2D eigenvalue weighted by Gasteiger charge is 2.25. The standard InChI is InChI=1S/C17H18N2O4S/c1-11-4-6-12(7-5-11)13-10-24-17(18-13)19-15(20)9-23-16(21)14-3-2-8-22-14/h4-7,10,14H,2-3,8-9H2,1H3,(H,18,19,20)/t14-/m1/s1. The van der Waals surface area contributed by atoms with Gasteiger partial charge < -0.3 is 9.47 Å². The summed E-state index contributed by atoms with van der Waals surface area (Å²) in [6.07, 6.45) is 0.950. The quantitative estimate of drug-likeness (QED) is 0.843. The van der Waals surface area contributed by atoms with Crippen LogP contribution in [-0.2, 0) is 19.1 Å². The molecule has 3 rings (SSSR count). The summed E-state index contributed by atoms with van der Waals surface area (Å²) in [5.41, 5.74) is 2.96. The second-order valence-electron chi connectivity index (χ2n) is 5.56. The number of aryl methyl sites for hydroxylation is 1. The van der Waals surface area contributed by atoms with Crippen LogP contribution in [0.2, 0.25) is 0 Å². The van der Waals surface area contributed by atoms with E-state index in [9.17, 15) is 9.59 Å². The van der Waals surface area contributed by atoms with Gasteiger partial charge in [-0.1, -0.05) is 29.8 Å². The van der Waals surface area contributed by atoms with Crippen LogP contribution in [0.3, 0.4) is 0 Å². The molecular formula is C17H18N2O4S. The number of amides is 1. The molecule has 1 fully saturated rings. The van der Waals surface area contributed by atoms with Gasteiger partial charge in [0.05, 0.1) is 5.69 Å². The van der Waals surface area contributed by atoms with E-state index in [1.807, 2.05) is 36.6 Å². The third-order valence-corrected chi connectivity index (χ3v) is 4.39. The fourth-order valence-corrected chi connectivity index (χ4v) is 3.07. The van der Waals surface area contributed by atoms with Crippen molar-refractivity contribution < 1.29 is 19.1 Å². The molecule has 1 atom stereocenters. The van der Waals surface area contributed by atoms with Crippen molar-refractivity contribution in [2.24, 2.45) is 0 Å². The molecule has 1 saturated heterocycles. The number of aromatic nitrogens is 1. The van der Waals surface area contributed by atoms with Gasteiger partial charge in [0.1, 0.15) is 0 Å².